The zero-order valence-electron chi connectivity index (χ0n) is 17.4. The second-order valence-corrected chi connectivity index (χ2v) is 7.12. The van der Waals surface area contributed by atoms with Crippen LogP contribution in [-0.2, 0) is 17.6 Å². The van der Waals surface area contributed by atoms with Crippen molar-refractivity contribution in [3.8, 4) is 11.5 Å². The minimum absolute atomic E-state index is 0. The van der Waals surface area contributed by atoms with Gasteiger partial charge in [0.1, 0.15) is 17.1 Å². The van der Waals surface area contributed by atoms with E-state index in [9.17, 15) is 36.2 Å². The first-order chi connectivity index (χ1) is 14.3. The number of carboxylic acids is 1. The quantitative estimate of drug-likeness (QED) is 0.398. The van der Waals surface area contributed by atoms with Gasteiger partial charge in [0, 0.05) is 5.56 Å². The van der Waals surface area contributed by atoms with Gasteiger partial charge < -0.3 is 16.0 Å². The molecule has 1 aliphatic rings. The molecule has 1 heterocycles. The summed E-state index contributed by atoms with van der Waals surface area (Å²) in [5, 5.41) is 5.49. The van der Waals surface area contributed by atoms with E-state index in [-0.39, 0.29) is 55.0 Å². The van der Waals surface area contributed by atoms with Gasteiger partial charge in [-0.15, -0.1) is 13.2 Å². The Hall–Kier alpha value is -1.88. The third-order valence-corrected chi connectivity index (χ3v) is 4.91. The van der Waals surface area contributed by atoms with E-state index < -0.39 is 40.6 Å². The monoisotopic (exact) mass is 490 g/mol. The first kappa shape index (κ1) is 26.4. The zero-order chi connectivity index (χ0) is 23.0. The van der Waals surface area contributed by atoms with Crippen molar-refractivity contribution >= 4 is 23.6 Å². The number of fused-ring (bicyclic) bond motifs is 1. The first-order valence-electron chi connectivity index (χ1n) is 8.67. The number of hydrogen-bond acceptors (Lipinski definition) is 3. The van der Waals surface area contributed by atoms with Crippen LogP contribution in [0.15, 0.2) is 48.0 Å². The van der Waals surface area contributed by atoms with E-state index in [0.717, 1.165) is 17.7 Å². The number of benzene rings is 2. The van der Waals surface area contributed by atoms with Gasteiger partial charge in [0.25, 0.3) is 0 Å². The van der Waals surface area contributed by atoms with E-state index in [1.54, 1.807) is 30.3 Å². The third-order valence-electron chi connectivity index (χ3n) is 4.41. The molecule has 0 aliphatic carbocycles. The summed E-state index contributed by atoms with van der Waals surface area (Å²) in [5.41, 5.74) is -1.01. The molecule has 0 spiro atoms. The molecule has 1 atom stereocenters. The minimum atomic E-state index is -5.33. The van der Waals surface area contributed by atoms with Crippen LogP contribution < -0.4 is 39.0 Å². The molecule has 2 aromatic rings. The molecule has 1 N–H and O–H groups in total. The number of carbonyl (C=O) groups is 1. The Labute approximate surface area is 206 Å². The van der Waals surface area contributed by atoms with E-state index in [1.165, 1.54) is 0 Å². The van der Waals surface area contributed by atoms with Crippen molar-refractivity contribution in [3.05, 3.63) is 64.7 Å². The van der Waals surface area contributed by atoms with E-state index in [1.807, 2.05) is 0 Å². The van der Waals surface area contributed by atoms with Crippen LogP contribution in [0.1, 0.15) is 18.1 Å². The smallest absolute Gasteiger partial charge is 1.00 e. The van der Waals surface area contributed by atoms with Gasteiger partial charge in [0.05, 0.1) is 0 Å². The molecule has 1 unspecified atom stereocenters. The van der Waals surface area contributed by atoms with Crippen LogP contribution in [0.2, 0.25) is 0 Å². The Morgan fingerprint density at radius 2 is 1.72 bits per heavy atom. The molecule has 12 heteroatoms. The van der Waals surface area contributed by atoms with Gasteiger partial charge in [0.15, 0.2) is 0 Å². The average Bonchev–Trinajstić information content (AvgIpc) is 2.64. The van der Waals surface area contributed by atoms with Gasteiger partial charge in [-0.3, -0.25) is 0 Å². The number of hydrogen-bond donors (Lipinski definition) is 1. The summed E-state index contributed by atoms with van der Waals surface area (Å²) in [6.07, 6.45) is -9.63. The van der Waals surface area contributed by atoms with E-state index >= 15 is 0 Å². The predicted octanol–water partition coefficient (Wildman–Crippen LogP) is 2.84. The molecule has 0 saturated carbocycles. The summed E-state index contributed by atoms with van der Waals surface area (Å²) in [6.45, 7) is 0. The predicted molar refractivity (Wildman–Crippen MR) is 99.0 cm³/mol. The van der Waals surface area contributed by atoms with Gasteiger partial charge in [-0.1, -0.05) is 41.9 Å². The largest absolute Gasteiger partial charge is 1.00 e. The van der Waals surface area contributed by atoms with Crippen molar-refractivity contribution in [3.63, 3.8) is 0 Å². The molecule has 168 valence electrons. The maximum Gasteiger partial charge on any atom is 1.00 e. The molecule has 0 aromatic heterocycles. The third kappa shape index (κ3) is 5.72. The first-order valence-corrected chi connectivity index (χ1v) is 9.04. The molecule has 0 fully saturated rings. The number of rotatable bonds is 5. The van der Waals surface area contributed by atoms with Crippen molar-refractivity contribution in [2.75, 3.05) is 0 Å². The SMILES string of the molecule is O=C(O)C1=Cc2cc(OC(F)(F)F)cc(CCc3ccccc3)c2OC1(Cl)C(F)(F)F.[H-].[Na+]. The second kappa shape index (κ2) is 9.54. The average molecular weight is 491 g/mol. The molecule has 2 aromatic carbocycles. The number of halogens is 7. The van der Waals surface area contributed by atoms with Gasteiger partial charge in [-0.05, 0) is 42.2 Å². The van der Waals surface area contributed by atoms with E-state index in [4.69, 9.17) is 16.3 Å². The molecule has 0 bridgehead atoms. The van der Waals surface area contributed by atoms with Crippen molar-refractivity contribution in [2.24, 2.45) is 0 Å². The van der Waals surface area contributed by atoms with Gasteiger partial charge in [0.2, 0.25) is 0 Å². The fourth-order valence-corrected chi connectivity index (χ4v) is 3.28. The van der Waals surface area contributed by atoms with Crippen LogP contribution in [0, 0.1) is 0 Å². The summed E-state index contributed by atoms with van der Waals surface area (Å²) in [7, 11) is 0. The standard InChI is InChI=1S/C20H13ClF6O4.Na.H/c21-18(19(22,23)24)15(17(28)29)10-13-9-14(30-20(25,26)27)8-12(16(13)31-18)7-6-11-4-2-1-3-5-11;;/h1-5,8-10H,6-7H2,(H,28,29);;/q;+1;-1. The fourth-order valence-electron chi connectivity index (χ4n) is 3.07. The number of aliphatic carboxylic acids is 1. The second-order valence-electron chi connectivity index (χ2n) is 6.59. The van der Waals surface area contributed by atoms with Crippen LogP contribution in [0.3, 0.4) is 0 Å². The zero-order valence-corrected chi connectivity index (χ0v) is 19.1. The van der Waals surface area contributed by atoms with Crippen molar-refractivity contribution < 1.29 is 76.7 Å². The molecule has 32 heavy (non-hydrogen) atoms. The molecular weight excluding hydrogens is 477 g/mol. The molecule has 0 saturated heterocycles. The van der Waals surface area contributed by atoms with Gasteiger partial charge in [-0.25, -0.2) is 4.79 Å². The van der Waals surface area contributed by atoms with Crippen LogP contribution >= 0.6 is 11.6 Å². The number of aryl methyl sites for hydroxylation is 2. The van der Waals surface area contributed by atoms with Crippen LogP contribution in [0.4, 0.5) is 26.3 Å². The molecule has 1 aliphatic heterocycles. The molecular formula is C20H14ClF6NaO4. The summed E-state index contributed by atoms with van der Waals surface area (Å²) in [6, 6.07) is 10.3. The van der Waals surface area contributed by atoms with Crippen LogP contribution in [-0.4, -0.2) is 28.7 Å². The maximum atomic E-state index is 13.6. The van der Waals surface area contributed by atoms with Crippen molar-refractivity contribution in [2.45, 2.75) is 30.4 Å². The Balaban J connectivity index is 0.00000272. The number of ether oxygens (including phenoxy) is 2. The summed E-state index contributed by atoms with van der Waals surface area (Å²) < 4.78 is 87.7. The molecule has 0 radical (unpaired) electrons. The fraction of sp³-hybridized carbons (Fsp3) is 0.250. The molecule has 3 rings (SSSR count). The van der Waals surface area contributed by atoms with Crippen molar-refractivity contribution in [1.29, 1.82) is 0 Å². The Morgan fingerprint density at radius 1 is 1.09 bits per heavy atom. The topological polar surface area (TPSA) is 55.8 Å². The van der Waals surface area contributed by atoms with E-state index in [2.05, 4.69) is 4.74 Å². The Morgan fingerprint density at radius 3 is 2.25 bits per heavy atom. The summed E-state index contributed by atoms with van der Waals surface area (Å²) in [4.78, 5) is 11.4. The van der Waals surface area contributed by atoms with Crippen molar-refractivity contribution in [1.82, 2.24) is 0 Å². The maximum absolute atomic E-state index is 13.6. The minimum Gasteiger partial charge on any atom is -1.00 e. The number of alkyl halides is 7. The molecule has 4 nitrogen and oxygen atoms in total. The normalized spacial score (nSPS) is 18.0. The molecule has 0 amide bonds. The summed E-state index contributed by atoms with van der Waals surface area (Å²) >= 11 is 5.57. The van der Waals surface area contributed by atoms with Crippen LogP contribution in [0.5, 0.6) is 11.5 Å². The number of carboxylic acid groups (broad SMARTS) is 1. The van der Waals surface area contributed by atoms with E-state index in [0.29, 0.717) is 6.08 Å². The van der Waals surface area contributed by atoms with Gasteiger partial charge in [-0.2, -0.15) is 13.2 Å². The van der Waals surface area contributed by atoms with Crippen LogP contribution in [0.25, 0.3) is 6.08 Å². The summed E-state index contributed by atoms with van der Waals surface area (Å²) in [5.74, 6) is -3.23. The Bertz CT molecular complexity index is 1030. The Kier molecular flexibility index (Phi) is 7.87. The van der Waals surface area contributed by atoms with Gasteiger partial charge >= 0.3 is 53.1 Å².